The van der Waals surface area contributed by atoms with Gasteiger partial charge < -0.3 is 10.3 Å². The third kappa shape index (κ3) is 2.62. The van der Waals surface area contributed by atoms with Gasteiger partial charge in [-0.1, -0.05) is 11.6 Å². The molecule has 0 aliphatic rings. The van der Waals surface area contributed by atoms with Crippen LogP contribution in [-0.4, -0.2) is 15.9 Å². The van der Waals surface area contributed by atoms with Gasteiger partial charge in [0.15, 0.2) is 0 Å². The summed E-state index contributed by atoms with van der Waals surface area (Å²) in [7, 11) is 0. The molecule has 106 valence electrons. The van der Waals surface area contributed by atoms with Crippen LogP contribution in [0.5, 0.6) is 0 Å². The van der Waals surface area contributed by atoms with Crippen molar-refractivity contribution < 1.29 is 4.79 Å². The van der Waals surface area contributed by atoms with Gasteiger partial charge in [-0.2, -0.15) is 0 Å². The Labute approximate surface area is 127 Å². The van der Waals surface area contributed by atoms with E-state index in [1.165, 1.54) is 0 Å². The van der Waals surface area contributed by atoms with Gasteiger partial charge in [0.1, 0.15) is 5.82 Å². The number of nitrogens with one attached hydrogen (secondary N) is 2. The fourth-order valence-corrected chi connectivity index (χ4v) is 2.42. The van der Waals surface area contributed by atoms with E-state index in [9.17, 15) is 4.79 Å². The molecule has 21 heavy (non-hydrogen) atoms. The maximum Gasteiger partial charge on any atom is 0.256 e. The zero-order valence-corrected chi connectivity index (χ0v) is 12.5. The van der Waals surface area contributed by atoms with Gasteiger partial charge in [0.25, 0.3) is 5.91 Å². The molecule has 0 saturated heterocycles. The molecule has 0 aliphatic heterocycles. The molecule has 2 N–H and O–H groups in total. The number of aryl methyl sites for hydroxylation is 2. The fourth-order valence-electron chi connectivity index (χ4n) is 2.26. The number of carbonyl (C=O) groups is 1. The highest BCUT2D eigenvalue weighted by atomic mass is 35.5. The minimum atomic E-state index is -0.204. The SMILES string of the molecule is Cc1[nH]c2ccc(C(=O)Nc3cc(Cl)ccn3)cc2c1C. The first-order valence-corrected chi connectivity index (χ1v) is 6.94. The second-order valence-corrected chi connectivity index (χ2v) is 5.39. The van der Waals surface area contributed by atoms with Crippen LogP contribution in [0.2, 0.25) is 5.02 Å². The van der Waals surface area contributed by atoms with Gasteiger partial charge in [-0.3, -0.25) is 4.79 Å². The van der Waals surface area contributed by atoms with Crippen molar-refractivity contribution in [2.45, 2.75) is 13.8 Å². The van der Waals surface area contributed by atoms with Crippen molar-refractivity contribution in [2.24, 2.45) is 0 Å². The molecule has 0 unspecified atom stereocenters. The van der Waals surface area contributed by atoms with Crippen molar-refractivity contribution >= 4 is 34.2 Å². The highest BCUT2D eigenvalue weighted by Crippen LogP contribution is 2.23. The normalized spacial score (nSPS) is 10.8. The number of hydrogen-bond donors (Lipinski definition) is 2. The molecule has 0 bridgehead atoms. The molecule has 0 atom stereocenters. The first kappa shape index (κ1) is 13.6. The maximum atomic E-state index is 12.3. The molecule has 1 amide bonds. The lowest BCUT2D eigenvalue weighted by Gasteiger charge is -2.05. The van der Waals surface area contributed by atoms with E-state index in [0.717, 1.165) is 22.2 Å². The second-order valence-electron chi connectivity index (χ2n) is 4.95. The van der Waals surface area contributed by atoms with Gasteiger partial charge >= 0.3 is 0 Å². The number of fused-ring (bicyclic) bond motifs is 1. The van der Waals surface area contributed by atoms with Crippen LogP contribution in [0.3, 0.4) is 0 Å². The van der Waals surface area contributed by atoms with E-state index in [1.807, 2.05) is 26.0 Å². The number of pyridine rings is 1. The van der Waals surface area contributed by atoms with E-state index in [2.05, 4.69) is 15.3 Å². The lowest BCUT2D eigenvalue weighted by Crippen LogP contribution is -2.12. The molecular formula is C16H14ClN3O. The molecule has 5 heteroatoms. The molecule has 2 heterocycles. The molecule has 3 aromatic rings. The van der Waals surface area contributed by atoms with E-state index in [-0.39, 0.29) is 5.91 Å². The van der Waals surface area contributed by atoms with Crippen LogP contribution >= 0.6 is 11.6 Å². The quantitative estimate of drug-likeness (QED) is 0.749. The lowest BCUT2D eigenvalue weighted by atomic mass is 10.1. The van der Waals surface area contributed by atoms with E-state index < -0.39 is 0 Å². The summed E-state index contributed by atoms with van der Waals surface area (Å²) >= 11 is 5.88. The zero-order chi connectivity index (χ0) is 15.0. The van der Waals surface area contributed by atoms with Crippen molar-refractivity contribution in [1.82, 2.24) is 9.97 Å². The fraction of sp³-hybridized carbons (Fsp3) is 0.125. The Balaban J connectivity index is 1.92. The summed E-state index contributed by atoms with van der Waals surface area (Å²) in [6, 6.07) is 8.86. The summed E-state index contributed by atoms with van der Waals surface area (Å²) in [4.78, 5) is 19.6. The Morgan fingerprint density at radius 3 is 2.81 bits per heavy atom. The van der Waals surface area contributed by atoms with Crippen molar-refractivity contribution in [1.29, 1.82) is 0 Å². The van der Waals surface area contributed by atoms with Crippen molar-refractivity contribution in [2.75, 3.05) is 5.32 Å². The molecule has 0 saturated carbocycles. The average molecular weight is 300 g/mol. The first-order chi connectivity index (χ1) is 10.0. The van der Waals surface area contributed by atoms with Crippen LogP contribution in [0.25, 0.3) is 10.9 Å². The highest BCUT2D eigenvalue weighted by Gasteiger charge is 2.10. The van der Waals surface area contributed by atoms with Crippen LogP contribution < -0.4 is 5.32 Å². The minimum absolute atomic E-state index is 0.204. The summed E-state index contributed by atoms with van der Waals surface area (Å²) < 4.78 is 0. The van der Waals surface area contributed by atoms with E-state index in [4.69, 9.17) is 11.6 Å². The van der Waals surface area contributed by atoms with E-state index in [1.54, 1.807) is 24.4 Å². The molecule has 2 aromatic heterocycles. The van der Waals surface area contributed by atoms with Crippen LogP contribution in [0.4, 0.5) is 5.82 Å². The first-order valence-electron chi connectivity index (χ1n) is 6.56. The third-order valence-electron chi connectivity index (χ3n) is 3.53. The Bertz CT molecular complexity index is 839. The molecule has 0 fully saturated rings. The Morgan fingerprint density at radius 1 is 1.24 bits per heavy atom. The van der Waals surface area contributed by atoms with Gasteiger partial charge in [-0.25, -0.2) is 4.98 Å². The molecule has 0 spiro atoms. The van der Waals surface area contributed by atoms with E-state index >= 15 is 0 Å². The van der Waals surface area contributed by atoms with E-state index in [0.29, 0.717) is 16.4 Å². The number of hydrogen-bond acceptors (Lipinski definition) is 2. The predicted octanol–water partition coefficient (Wildman–Crippen LogP) is 4.09. The number of amides is 1. The molecule has 0 aliphatic carbocycles. The molecule has 4 nitrogen and oxygen atoms in total. The summed E-state index contributed by atoms with van der Waals surface area (Å²) in [6.07, 6.45) is 1.56. The van der Waals surface area contributed by atoms with Crippen molar-refractivity contribution in [3.05, 3.63) is 58.4 Å². The summed E-state index contributed by atoms with van der Waals surface area (Å²) in [6.45, 7) is 4.05. The third-order valence-corrected chi connectivity index (χ3v) is 3.77. The number of nitrogens with zero attached hydrogens (tertiary/aromatic N) is 1. The number of anilines is 1. The second kappa shape index (κ2) is 5.22. The summed E-state index contributed by atoms with van der Waals surface area (Å²) in [5.41, 5.74) is 3.88. The van der Waals surface area contributed by atoms with Crippen LogP contribution in [-0.2, 0) is 0 Å². The smallest absolute Gasteiger partial charge is 0.256 e. The summed E-state index contributed by atoms with van der Waals surface area (Å²) in [5.74, 6) is 0.236. The van der Waals surface area contributed by atoms with Crippen molar-refractivity contribution in [3.63, 3.8) is 0 Å². The zero-order valence-electron chi connectivity index (χ0n) is 11.7. The van der Waals surface area contributed by atoms with Crippen LogP contribution in [0, 0.1) is 13.8 Å². The average Bonchev–Trinajstić information content (AvgIpc) is 2.74. The Kier molecular flexibility index (Phi) is 3.39. The number of aromatic nitrogens is 2. The highest BCUT2D eigenvalue weighted by molar-refractivity contribution is 6.30. The lowest BCUT2D eigenvalue weighted by molar-refractivity contribution is 0.102. The van der Waals surface area contributed by atoms with Gasteiger partial charge in [0.05, 0.1) is 0 Å². The Morgan fingerprint density at radius 2 is 2.05 bits per heavy atom. The molecular weight excluding hydrogens is 286 g/mol. The number of aromatic amines is 1. The van der Waals surface area contributed by atoms with Gasteiger partial charge in [0.2, 0.25) is 0 Å². The summed E-state index contributed by atoms with van der Waals surface area (Å²) in [5, 5.41) is 4.34. The van der Waals surface area contributed by atoms with Crippen LogP contribution in [0.15, 0.2) is 36.5 Å². The molecule has 1 aromatic carbocycles. The predicted molar refractivity (Wildman–Crippen MR) is 85.0 cm³/mol. The monoisotopic (exact) mass is 299 g/mol. The molecule has 0 radical (unpaired) electrons. The standard InChI is InChI=1S/C16H14ClN3O/c1-9-10(2)19-14-4-3-11(7-13(9)14)16(21)20-15-8-12(17)5-6-18-15/h3-8,19H,1-2H3,(H,18,20,21). The maximum absolute atomic E-state index is 12.3. The number of carbonyl (C=O) groups excluding carboxylic acids is 1. The Hall–Kier alpha value is -2.33. The molecule has 3 rings (SSSR count). The van der Waals surface area contributed by atoms with Gasteiger partial charge in [-0.15, -0.1) is 0 Å². The number of benzene rings is 1. The number of rotatable bonds is 2. The van der Waals surface area contributed by atoms with Crippen LogP contribution in [0.1, 0.15) is 21.6 Å². The van der Waals surface area contributed by atoms with Gasteiger partial charge in [0, 0.05) is 33.4 Å². The topological polar surface area (TPSA) is 57.8 Å². The largest absolute Gasteiger partial charge is 0.358 e. The minimum Gasteiger partial charge on any atom is -0.358 e. The van der Waals surface area contributed by atoms with Gasteiger partial charge in [-0.05, 0) is 49.7 Å². The number of halogens is 1. The van der Waals surface area contributed by atoms with Crippen molar-refractivity contribution in [3.8, 4) is 0 Å². The number of H-pyrrole nitrogens is 1.